The highest BCUT2D eigenvalue weighted by Crippen LogP contribution is 2.68. The summed E-state index contributed by atoms with van der Waals surface area (Å²) in [7, 11) is 0. The summed E-state index contributed by atoms with van der Waals surface area (Å²) in [6.07, 6.45) is 1.08. The average molecular weight is 478 g/mol. The molecule has 2 saturated heterocycles. The van der Waals surface area contributed by atoms with Gasteiger partial charge in [-0.2, -0.15) is 0 Å². The Morgan fingerprint density at radius 3 is 2.53 bits per heavy atom. The number of likely N-dealkylation sites (tertiary alicyclic amines) is 1. The summed E-state index contributed by atoms with van der Waals surface area (Å²) in [6.45, 7) is 6.75. The zero-order valence-electron chi connectivity index (χ0n) is 18.2. The van der Waals surface area contributed by atoms with Gasteiger partial charge in [0.05, 0.1) is 30.1 Å². The molecule has 2 bridgehead atoms. The van der Waals surface area contributed by atoms with Crippen molar-refractivity contribution in [3.05, 3.63) is 14.5 Å². The van der Waals surface area contributed by atoms with Gasteiger partial charge in [-0.1, -0.05) is 25.2 Å². The first-order valence-corrected chi connectivity index (χ1v) is 13.1. The molecular formula is C22H27N3O5S2. The maximum Gasteiger partial charge on any atom is 0.305 e. The molecule has 0 aromatic carbocycles. The summed E-state index contributed by atoms with van der Waals surface area (Å²) in [5.41, 5.74) is -0.206. The number of thiazole rings is 1. The molecule has 10 heteroatoms. The first-order valence-electron chi connectivity index (χ1n) is 11.4. The fourth-order valence-electron chi connectivity index (χ4n) is 7.11. The molecule has 1 N–H and O–H groups in total. The number of imide groups is 1. The molecule has 0 unspecified atom stereocenters. The highest BCUT2D eigenvalue weighted by molar-refractivity contribution is 8.00. The lowest BCUT2D eigenvalue weighted by Crippen LogP contribution is -2.48. The summed E-state index contributed by atoms with van der Waals surface area (Å²) in [6, 6.07) is 0. The first kappa shape index (κ1) is 20.9. The molecule has 3 aliphatic heterocycles. The number of fused-ring (bicyclic) bond motifs is 9. The molecule has 172 valence electrons. The average Bonchev–Trinajstić information content (AvgIpc) is 3.49. The molecule has 8 nitrogen and oxygen atoms in total. The number of thioether (sulfide) groups is 1. The Morgan fingerprint density at radius 1 is 1.12 bits per heavy atom. The molecule has 0 spiro atoms. The summed E-state index contributed by atoms with van der Waals surface area (Å²) < 4.78 is 5.30. The van der Waals surface area contributed by atoms with Crippen molar-refractivity contribution in [3.8, 4) is 0 Å². The minimum absolute atomic E-state index is 0.0207. The van der Waals surface area contributed by atoms with Gasteiger partial charge in [0.2, 0.25) is 17.7 Å². The number of carbonyl (C=O) groups excluding carboxylic acids is 3. The van der Waals surface area contributed by atoms with E-state index in [0.29, 0.717) is 26.3 Å². The number of morpholine rings is 1. The lowest BCUT2D eigenvalue weighted by Gasteiger charge is -2.47. The van der Waals surface area contributed by atoms with Crippen LogP contribution in [-0.4, -0.2) is 70.6 Å². The number of ether oxygens (including phenoxy) is 1. The van der Waals surface area contributed by atoms with E-state index in [4.69, 9.17) is 4.74 Å². The van der Waals surface area contributed by atoms with E-state index in [9.17, 15) is 19.2 Å². The van der Waals surface area contributed by atoms with E-state index in [-0.39, 0.29) is 75.8 Å². The van der Waals surface area contributed by atoms with Crippen molar-refractivity contribution in [3.63, 3.8) is 0 Å². The molecule has 4 heterocycles. The number of aromatic amines is 1. The lowest BCUT2D eigenvalue weighted by molar-refractivity contribution is -0.142. The maximum absolute atomic E-state index is 13.4. The van der Waals surface area contributed by atoms with Crippen molar-refractivity contribution in [1.82, 2.24) is 14.8 Å². The minimum atomic E-state index is -0.276. The van der Waals surface area contributed by atoms with Crippen LogP contribution in [0.15, 0.2) is 9.82 Å². The van der Waals surface area contributed by atoms with Gasteiger partial charge in [0.25, 0.3) is 0 Å². The molecule has 32 heavy (non-hydrogen) atoms. The third-order valence-electron chi connectivity index (χ3n) is 8.40. The third-order valence-corrected chi connectivity index (χ3v) is 11.2. The lowest BCUT2D eigenvalue weighted by atomic mass is 9.64. The molecule has 3 amide bonds. The van der Waals surface area contributed by atoms with Crippen LogP contribution in [0.4, 0.5) is 0 Å². The first-order chi connectivity index (χ1) is 15.3. The quantitative estimate of drug-likeness (QED) is 0.659. The minimum Gasteiger partial charge on any atom is -0.378 e. The SMILES string of the molecule is CC1(C)c2sc(=O)[nH]c2S[C@@H]2[C@H]3C[C@@H]([C@@H]4C(=O)N(CCC(=O)N5CCOCC5)C(=O)[C@H]34)[C@@H]21. The van der Waals surface area contributed by atoms with Gasteiger partial charge < -0.3 is 14.6 Å². The molecule has 2 saturated carbocycles. The van der Waals surface area contributed by atoms with Gasteiger partial charge in [-0.25, -0.2) is 0 Å². The smallest absolute Gasteiger partial charge is 0.305 e. The van der Waals surface area contributed by atoms with E-state index in [1.165, 1.54) is 16.2 Å². The van der Waals surface area contributed by atoms with Gasteiger partial charge in [0.15, 0.2) is 0 Å². The van der Waals surface area contributed by atoms with Crippen LogP contribution in [0.3, 0.4) is 0 Å². The third kappa shape index (κ3) is 2.78. The van der Waals surface area contributed by atoms with Gasteiger partial charge in [-0.3, -0.25) is 24.1 Å². The second-order valence-corrected chi connectivity index (χ2v) is 12.4. The van der Waals surface area contributed by atoms with Crippen molar-refractivity contribution in [1.29, 1.82) is 0 Å². The highest BCUT2D eigenvalue weighted by Gasteiger charge is 2.70. The van der Waals surface area contributed by atoms with E-state index in [0.717, 1.165) is 16.3 Å². The topological polar surface area (TPSA) is 99.8 Å². The maximum atomic E-state index is 13.4. The summed E-state index contributed by atoms with van der Waals surface area (Å²) in [5, 5.41) is 1.18. The van der Waals surface area contributed by atoms with Crippen LogP contribution in [-0.2, 0) is 24.5 Å². The summed E-state index contributed by atoms with van der Waals surface area (Å²) in [4.78, 5) is 58.5. The Labute approximate surface area is 194 Å². The molecule has 6 atom stereocenters. The Morgan fingerprint density at radius 2 is 1.81 bits per heavy atom. The van der Waals surface area contributed by atoms with E-state index in [1.54, 1.807) is 16.7 Å². The second-order valence-electron chi connectivity index (χ2n) is 10.2. The number of nitrogens with one attached hydrogen (secondary N) is 1. The number of nitrogens with zero attached hydrogens (tertiary/aromatic N) is 2. The fourth-order valence-corrected chi connectivity index (χ4v) is 10.3. The molecular weight excluding hydrogens is 450 g/mol. The van der Waals surface area contributed by atoms with Crippen LogP contribution < -0.4 is 4.87 Å². The van der Waals surface area contributed by atoms with Gasteiger partial charge in [0, 0.05) is 41.6 Å². The second kappa shape index (κ2) is 7.17. The Kier molecular flexibility index (Phi) is 4.69. The molecule has 4 fully saturated rings. The van der Waals surface area contributed by atoms with Crippen molar-refractivity contribution in [2.45, 2.75) is 42.4 Å². The van der Waals surface area contributed by atoms with Crippen molar-refractivity contribution < 1.29 is 19.1 Å². The van der Waals surface area contributed by atoms with Crippen molar-refractivity contribution >= 4 is 40.8 Å². The number of amides is 3. The van der Waals surface area contributed by atoms with Gasteiger partial charge >= 0.3 is 4.87 Å². The number of H-pyrrole nitrogens is 1. The zero-order valence-corrected chi connectivity index (χ0v) is 19.8. The summed E-state index contributed by atoms with van der Waals surface area (Å²) in [5.74, 6) is -0.186. The van der Waals surface area contributed by atoms with E-state index < -0.39 is 0 Å². The van der Waals surface area contributed by atoms with Crippen LogP contribution in [0.5, 0.6) is 0 Å². The molecule has 5 aliphatic rings. The number of rotatable bonds is 3. The van der Waals surface area contributed by atoms with Gasteiger partial charge in [0.1, 0.15) is 0 Å². The Bertz CT molecular complexity index is 1060. The van der Waals surface area contributed by atoms with E-state index >= 15 is 0 Å². The van der Waals surface area contributed by atoms with Crippen LogP contribution in [0.1, 0.15) is 31.6 Å². The molecule has 1 aromatic heterocycles. The Balaban J connectivity index is 1.23. The predicted octanol–water partition coefficient (Wildman–Crippen LogP) is 1.30. The van der Waals surface area contributed by atoms with Crippen LogP contribution in [0.25, 0.3) is 0 Å². The summed E-state index contributed by atoms with van der Waals surface area (Å²) >= 11 is 2.98. The van der Waals surface area contributed by atoms with E-state index in [1.807, 2.05) is 0 Å². The predicted molar refractivity (Wildman–Crippen MR) is 118 cm³/mol. The van der Waals surface area contributed by atoms with Crippen LogP contribution in [0, 0.1) is 29.6 Å². The highest BCUT2D eigenvalue weighted by atomic mass is 32.2. The largest absolute Gasteiger partial charge is 0.378 e. The molecule has 1 aromatic rings. The van der Waals surface area contributed by atoms with Gasteiger partial charge in [-0.15, -0.1) is 11.8 Å². The number of aromatic nitrogens is 1. The molecule has 2 aliphatic carbocycles. The normalized spacial score (nSPS) is 36.9. The van der Waals surface area contributed by atoms with Crippen LogP contribution in [0.2, 0.25) is 0 Å². The van der Waals surface area contributed by atoms with Gasteiger partial charge in [-0.05, 0) is 24.2 Å². The molecule has 6 rings (SSSR count). The Hall–Kier alpha value is -1.65. The monoisotopic (exact) mass is 477 g/mol. The number of hydrogen-bond acceptors (Lipinski definition) is 7. The number of hydrogen-bond donors (Lipinski definition) is 1. The zero-order chi connectivity index (χ0) is 22.4. The van der Waals surface area contributed by atoms with Crippen molar-refractivity contribution in [2.24, 2.45) is 29.6 Å². The fraction of sp³-hybridized carbons (Fsp3) is 0.727. The van der Waals surface area contributed by atoms with E-state index in [2.05, 4.69) is 18.8 Å². The van der Waals surface area contributed by atoms with Crippen molar-refractivity contribution in [2.75, 3.05) is 32.8 Å². The standard InChI is InChI=1S/C22H27N3O5S2/c1-22(2)15-10-9-11(16(15)31-18-17(22)32-21(29)23-18)14-13(10)19(27)25(20(14)28)4-3-12(26)24-5-7-30-8-6-24/h10-11,13-16H,3-9H2,1-2H3,(H,23,29)/t10-,11-,13-,14+,15-,16+/m0/s1. The number of carbonyl (C=O) groups is 3. The molecule has 0 radical (unpaired) electrons. The van der Waals surface area contributed by atoms with Crippen LogP contribution >= 0.6 is 23.1 Å².